The Morgan fingerprint density at radius 2 is 2.24 bits per heavy atom. The summed E-state index contributed by atoms with van der Waals surface area (Å²) in [6.45, 7) is 0. The third kappa shape index (κ3) is 2.25. The van der Waals surface area contributed by atoms with E-state index in [0.717, 1.165) is 6.21 Å². The zero-order chi connectivity index (χ0) is 12.3. The van der Waals surface area contributed by atoms with Gasteiger partial charge in [-0.3, -0.25) is 0 Å². The second-order valence-corrected chi connectivity index (χ2v) is 3.25. The van der Waals surface area contributed by atoms with Crippen LogP contribution in [0.5, 0.6) is 5.75 Å². The number of nitrogens with zero attached hydrogens (tertiary/aromatic N) is 2. The number of carboxylic acid groups (broad SMARTS) is 1. The van der Waals surface area contributed by atoms with E-state index in [4.69, 9.17) is 14.6 Å². The fourth-order valence-corrected chi connectivity index (χ4v) is 1.37. The second kappa shape index (κ2) is 4.65. The van der Waals surface area contributed by atoms with Crippen molar-refractivity contribution in [3.63, 3.8) is 0 Å². The van der Waals surface area contributed by atoms with E-state index in [2.05, 4.69) is 10.2 Å². The Balaban J connectivity index is 2.32. The highest BCUT2D eigenvalue weighted by molar-refractivity contribution is 6.03. The fourth-order valence-electron chi connectivity index (χ4n) is 1.37. The van der Waals surface area contributed by atoms with Gasteiger partial charge in [-0.15, -0.1) is 5.10 Å². The topological polar surface area (TPSA) is 80.5 Å². The van der Waals surface area contributed by atoms with Crippen molar-refractivity contribution in [3.8, 4) is 5.75 Å². The molecule has 6 heteroatoms. The van der Waals surface area contributed by atoms with E-state index >= 15 is 0 Å². The molecule has 0 aromatic heterocycles. The van der Waals surface area contributed by atoms with Crippen LogP contribution >= 0.6 is 0 Å². The average Bonchev–Trinajstić information content (AvgIpc) is 2.39. The summed E-state index contributed by atoms with van der Waals surface area (Å²) in [5.74, 6) is -0.430. The molecule has 17 heavy (non-hydrogen) atoms. The molecule has 1 atom stereocenters. The Bertz CT molecular complexity index is 496. The summed E-state index contributed by atoms with van der Waals surface area (Å²) >= 11 is 0. The summed E-state index contributed by atoms with van der Waals surface area (Å²) in [7, 11) is 1.51. The van der Waals surface area contributed by atoms with Crippen LogP contribution in [0, 0.1) is 0 Å². The van der Waals surface area contributed by atoms with Crippen LogP contribution in [0.3, 0.4) is 0 Å². The van der Waals surface area contributed by atoms with Gasteiger partial charge in [0, 0.05) is 0 Å². The van der Waals surface area contributed by atoms with Gasteiger partial charge in [0.1, 0.15) is 5.75 Å². The first-order valence-electron chi connectivity index (χ1n) is 4.86. The Labute approximate surface area is 97.2 Å². The van der Waals surface area contributed by atoms with Crippen LogP contribution in [-0.2, 0) is 9.53 Å². The first-order valence-corrected chi connectivity index (χ1v) is 4.86. The number of carbonyl (C=O) groups is 1. The lowest BCUT2D eigenvalue weighted by Crippen LogP contribution is -2.31. The lowest BCUT2D eigenvalue weighted by Gasteiger charge is -2.16. The molecule has 88 valence electrons. The third-order valence-corrected chi connectivity index (χ3v) is 2.17. The lowest BCUT2D eigenvalue weighted by molar-refractivity contribution is -0.142. The van der Waals surface area contributed by atoms with Gasteiger partial charge in [-0.2, -0.15) is 5.10 Å². The van der Waals surface area contributed by atoms with Gasteiger partial charge >= 0.3 is 5.97 Å². The predicted octanol–water partition coefficient (Wildman–Crippen LogP) is 0.911. The van der Waals surface area contributed by atoms with Crippen LogP contribution in [0.4, 0.5) is 0 Å². The molecule has 0 saturated heterocycles. The average molecular weight is 234 g/mol. The summed E-state index contributed by atoms with van der Waals surface area (Å²) in [6.07, 6.45) is 0.00810. The van der Waals surface area contributed by atoms with E-state index in [-0.39, 0.29) is 5.90 Å². The molecular weight excluding hydrogens is 224 g/mol. The molecule has 0 amide bonds. The predicted molar refractivity (Wildman–Crippen MR) is 60.5 cm³/mol. The molecule has 0 saturated carbocycles. The summed E-state index contributed by atoms with van der Waals surface area (Å²) in [6, 6.07) is 7.02. The van der Waals surface area contributed by atoms with Crippen molar-refractivity contribution in [2.75, 3.05) is 7.11 Å². The number of carboxylic acids is 1. The third-order valence-electron chi connectivity index (χ3n) is 2.17. The molecule has 1 aliphatic heterocycles. The van der Waals surface area contributed by atoms with Gasteiger partial charge in [0.15, 0.2) is 0 Å². The highest BCUT2D eigenvalue weighted by Crippen LogP contribution is 2.20. The van der Waals surface area contributed by atoms with E-state index in [9.17, 15) is 4.79 Å². The summed E-state index contributed by atoms with van der Waals surface area (Å²) in [5.41, 5.74) is 0.568. The van der Waals surface area contributed by atoms with Crippen LogP contribution in [0.1, 0.15) is 5.56 Å². The van der Waals surface area contributed by atoms with Crippen molar-refractivity contribution >= 4 is 18.1 Å². The number of hydrogen-bond donors (Lipinski definition) is 1. The molecular formula is C11H10N2O4. The lowest BCUT2D eigenvalue weighted by atomic mass is 10.2. The molecule has 1 N–H and O–H groups in total. The molecule has 1 unspecified atom stereocenters. The summed E-state index contributed by atoms with van der Waals surface area (Å²) in [4.78, 5) is 10.8. The van der Waals surface area contributed by atoms with Gasteiger partial charge in [-0.25, -0.2) is 4.79 Å². The normalized spacial score (nSPS) is 18.2. The minimum Gasteiger partial charge on any atom is -0.496 e. The van der Waals surface area contributed by atoms with E-state index < -0.39 is 12.1 Å². The zero-order valence-electron chi connectivity index (χ0n) is 9.03. The molecule has 0 bridgehead atoms. The van der Waals surface area contributed by atoms with Crippen LogP contribution in [0.2, 0.25) is 0 Å². The van der Waals surface area contributed by atoms with Gasteiger partial charge < -0.3 is 14.6 Å². The summed E-state index contributed by atoms with van der Waals surface area (Å²) < 4.78 is 10.3. The van der Waals surface area contributed by atoms with E-state index in [1.165, 1.54) is 7.11 Å². The van der Waals surface area contributed by atoms with Crippen LogP contribution in [-0.4, -0.2) is 36.4 Å². The standard InChI is InChI=1S/C11H10N2O4/c1-16-8-5-3-2-4-7(8)10-13-12-6-9(17-10)11(14)15/h2-6,9H,1H3,(H,14,15). The molecule has 6 nitrogen and oxygen atoms in total. The molecule has 0 spiro atoms. The Hall–Kier alpha value is -2.37. The quantitative estimate of drug-likeness (QED) is 0.842. The number of methoxy groups -OCH3 is 1. The molecule has 1 aromatic rings. The molecule has 1 heterocycles. The van der Waals surface area contributed by atoms with Crippen LogP contribution < -0.4 is 4.74 Å². The fraction of sp³-hybridized carbons (Fsp3) is 0.182. The van der Waals surface area contributed by atoms with Crippen molar-refractivity contribution in [2.24, 2.45) is 10.2 Å². The molecule has 1 aromatic carbocycles. The maximum atomic E-state index is 10.8. The highest BCUT2D eigenvalue weighted by atomic mass is 16.5. The summed E-state index contributed by atoms with van der Waals surface area (Å²) in [5, 5.41) is 16.2. The SMILES string of the molecule is COc1ccccc1C1=NN=CC(C(=O)O)O1. The van der Waals surface area contributed by atoms with E-state index in [1.54, 1.807) is 24.3 Å². The molecule has 0 aliphatic carbocycles. The number of para-hydroxylation sites is 1. The number of ether oxygens (including phenoxy) is 2. The molecule has 0 radical (unpaired) electrons. The first-order chi connectivity index (χ1) is 8.22. The minimum atomic E-state index is -1.12. The van der Waals surface area contributed by atoms with Crippen LogP contribution in [0.25, 0.3) is 0 Å². The molecule has 2 rings (SSSR count). The maximum absolute atomic E-state index is 10.8. The minimum absolute atomic E-state index is 0.136. The highest BCUT2D eigenvalue weighted by Gasteiger charge is 2.24. The number of hydrogen-bond acceptors (Lipinski definition) is 5. The Morgan fingerprint density at radius 1 is 1.47 bits per heavy atom. The van der Waals surface area contributed by atoms with Crippen molar-refractivity contribution in [1.82, 2.24) is 0 Å². The van der Waals surface area contributed by atoms with Crippen molar-refractivity contribution in [3.05, 3.63) is 29.8 Å². The van der Waals surface area contributed by atoms with Gasteiger partial charge in [0.25, 0.3) is 0 Å². The number of benzene rings is 1. The molecule has 1 aliphatic rings. The van der Waals surface area contributed by atoms with Crippen molar-refractivity contribution in [2.45, 2.75) is 6.10 Å². The van der Waals surface area contributed by atoms with Gasteiger partial charge in [0.2, 0.25) is 12.0 Å². The Morgan fingerprint density at radius 3 is 2.94 bits per heavy atom. The smallest absolute Gasteiger partial charge is 0.350 e. The number of aliphatic carboxylic acids is 1. The first kappa shape index (κ1) is 11.1. The molecule has 0 fully saturated rings. The second-order valence-electron chi connectivity index (χ2n) is 3.25. The largest absolute Gasteiger partial charge is 0.496 e. The van der Waals surface area contributed by atoms with E-state index in [1.807, 2.05) is 0 Å². The maximum Gasteiger partial charge on any atom is 0.350 e. The monoisotopic (exact) mass is 234 g/mol. The number of rotatable bonds is 3. The van der Waals surface area contributed by atoms with Crippen molar-refractivity contribution < 1.29 is 19.4 Å². The van der Waals surface area contributed by atoms with E-state index in [0.29, 0.717) is 11.3 Å². The van der Waals surface area contributed by atoms with Crippen LogP contribution in [0.15, 0.2) is 34.5 Å². The Kier molecular flexibility index (Phi) is 3.04. The van der Waals surface area contributed by atoms with Gasteiger partial charge in [-0.05, 0) is 12.1 Å². The van der Waals surface area contributed by atoms with Gasteiger partial charge in [0.05, 0.1) is 18.9 Å². The van der Waals surface area contributed by atoms with Gasteiger partial charge in [-0.1, -0.05) is 12.1 Å². The van der Waals surface area contributed by atoms with Crippen molar-refractivity contribution in [1.29, 1.82) is 0 Å². The zero-order valence-corrected chi connectivity index (χ0v) is 9.03.